The van der Waals surface area contributed by atoms with Crippen molar-refractivity contribution in [3.8, 4) is 0 Å². The van der Waals surface area contributed by atoms with E-state index in [-0.39, 0.29) is 17.5 Å². The van der Waals surface area contributed by atoms with Gasteiger partial charge in [0.15, 0.2) is 0 Å². The van der Waals surface area contributed by atoms with E-state index in [1.807, 2.05) is 19.2 Å². The topological polar surface area (TPSA) is 71.1 Å². The Labute approximate surface area is 102 Å². The largest absolute Gasteiger partial charge is 0.382 e. The van der Waals surface area contributed by atoms with E-state index >= 15 is 0 Å². The summed E-state index contributed by atoms with van der Waals surface area (Å²) in [5.74, 6) is 1.38. The number of hydrogen-bond donors (Lipinski definition) is 2. The van der Waals surface area contributed by atoms with Gasteiger partial charge in [0.2, 0.25) is 0 Å². The molecule has 0 amide bonds. The Morgan fingerprint density at radius 2 is 2.06 bits per heavy atom. The number of nitrogens with one attached hydrogen (secondary N) is 2. The summed E-state index contributed by atoms with van der Waals surface area (Å²) >= 11 is 0. The zero-order chi connectivity index (χ0) is 12.3. The smallest absolute Gasteiger partial charge is 0.150 e. The molecule has 17 heavy (non-hydrogen) atoms. The lowest BCUT2D eigenvalue weighted by molar-refractivity contribution is 0.559. The average Bonchev–Trinajstić information content (AvgIpc) is 2.32. The molecule has 5 nitrogen and oxygen atoms in total. The van der Waals surface area contributed by atoms with Crippen molar-refractivity contribution >= 4 is 21.3 Å². The van der Waals surface area contributed by atoms with Crippen LogP contribution in [0.2, 0.25) is 0 Å². The molecule has 0 aliphatic carbocycles. The van der Waals surface area contributed by atoms with E-state index in [1.54, 1.807) is 6.20 Å². The summed E-state index contributed by atoms with van der Waals surface area (Å²) in [4.78, 5) is 4.13. The van der Waals surface area contributed by atoms with Gasteiger partial charge >= 0.3 is 0 Å². The molecule has 0 unspecified atom stereocenters. The van der Waals surface area contributed by atoms with Crippen molar-refractivity contribution in [2.75, 3.05) is 29.2 Å². The van der Waals surface area contributed by atoms with Crippen LogP contribution < -0.4 is 10.6 Å². The molecule has 0 spiro atoms. The molecule has 0 bridgehead atoms. The highest BCUT2D eigenvalue weighted by atomic mass is 32.2. The van der Waals surface area contributed by atoms with Crippen molar-refractivity contribution in [1.82, 2.24) is 4.98 Å². The van der Waals surface area contributed by atoms with Gasteiger partial charge in [-0.2, -0.15) is 0 Å². The van der Waals surface area contributed by atoms with Crippen LogP contribution in [0.3, 0.4) is 0 Å². The van der Waals surface area contributed by atoms with E-state index in [0.717, 1.165) is 11.5 Å². The fourth-order valence-electron chi connectivity index (χ4n) is 1.93. The van der Waals surface area contributed by atoms with Crippen molar-refractivity contribution in [1.29, 1.82) is 0 Å². The number of aromatic nitrogens is 1. The van der Waals surface area contributed by atoms with Crippen LogP contribution >= 0.6 is 0 Å². The van der Waals surface area contributed by atoms with E-state index in [4.69, 9.17) is 0 Å². The number of nitrogens with zero attached hydrogens (tertiary/aromatic N) is 1. The number of rotatable bonds is 3. The first-order valence-electron chi connectivity index (χ1n) is 5.70. The van der Waals surface area contributed by atoms with Crippen molar-refractivity contribution in [2.24, 2.45) is 0 Å². The van der Waals surface area contributed by atoms with E-state index in [2.05, 4.69) is 15.6 Å². The molecule has 1 aromatic heterocycles. The molecule has 94 valence electrons. The number of pyridine rings is 1. The Morgan fingerprint density at radius 3 is 2.71 bits per heavy atom. The summed E-state index contributed by atoms with van der Waals surface area (Å²) in [6.07, 6.45) is 3.09. The predicted octanol–water partition coefficient (Wildman–Crippen LogP) is 1.11. The molecule has 1 saturated heterocycles. The molecule has 0 atom stereocenters. The Morgan fingerprint density at radius 1 is 1.35 bits per heavy atom. The minimum absolute atomic E-state index is 0.241. The van der Waals surface area contributed by atoms with Crippen LogP contribution in [0.25, 0.3) is 0 Å². The van der Waals surface area contributed by atoms with E-state index in [0.29, 0.717) is 12.8 Å². The van der Waals surface area contributed by atoms with Gasteiger partial charge in [-0.1, -0.05) is 0 Å². The Hall–Kier alpha value is -1.30. The molecular formula is C11H17N3O2S. The van der Waals surface area contributed by atoms with Crippen molar-refractivity contribution in [3.05, 3.63) is 18.3 Å². The van der Waals surface area contributed by atoms with Gasteiger partial charge in [0.25, 0.3) is 0 Å². The van der Waals surface area contributed by atoms with Crippen LogP contribution in [0, 0.1) is 0 Å². The summed E-state index contributed by atoms with van der Waals surface area (Å²) in [5, 5.41) is 6.32. The lowest BCUT2D eigenvalue weighted by Gasteiger charge is -2.24. The molecule has 1 fully saturated rings. The molecule has 2 rings (SSSR count). The minimum atomic E-state index is -2.79. The second-order valence-electron chi connectivity index (χ2n) is 4.25. The van der Waals surface area contributed by atoms with E-state index in [1.165, 1.54) is 0 Å². The zero-order valence-corrected chi connectivity index (χ0v) is 10.6. The number of anilines is 2. The number of sulfone groups is 1. The van der Waals surface area contributed by atoms with Crippen LogP contribution in [0.5, 0.6) is 0 Å². The van der Waals surface area contributed by atoms with E-state index in [9.17, 15) is 8.42 Å². The zero-order valence-electron chi connectivity index (χ0n) is 9.81. The molecule has 0 radical (unpaired) electrons. The van der Waals surface area contributed by atoms with Crippen LogP contribution in [0.15, 0.2) is 18.3 Å². The molecular weight excluding hydrogens is 238 g/mol. The molecule has 0 aromatic carbocycles. The van der Waals surface area contributed by atoms with Gasteiger partial charge in [-0.25, -0.2) is 13.4 Å². The average molecular weight is 255 g/mol. The maximum absolute atomic E-state index is 11.3. The standard InChI is InChI=1S/C11H17N3O2S/c1-12-11-8-10(2-5-13-11)14-9-3-6-17(15,16)7-4-9/h2,5,8-9H,3-4,6-7H2,1H3,(H2,12,13,14). The van der Waals surface area contributed by atoms with Crippen molar-refractivity contribution in [2.45, 2.75) is 18.9 Å². The maximum Gasteiger partial charge on any atom is 0.150 e. The first-order valence-corrected chi connectivity index (χ1v) is 7.52. The molecule has 0 saturated carbocycles. The molecule has 2 N–H and O–H groups in total. The molecule has 1 aliphatic heterocycles. The second-order valence-corrected chi connectivity index (χ2v) is 6.55. The number of hydrogen-bond acceptors (Lipinski definition) is 5. The van der Waals surface area contributed by atoms with Crippen LogP contribution in [0.1, 0.15) is 12.8 Å². The first kappa shape index (κ1) is 12.2. The quantitative estimate of drug-likeness (QED) is 0.846. The second kappa shape index (κ2) is 4.91. The highest BCUT2D eigenvalue weighted by molar-refractivity contribution is 7.91. The van der Waals surface area contributed by atoms with Crippen LogP contribution in [-0.2, 0) is 9.84 Å². The highest BCUT2D eigenvalue weighted by Gasteiger charge is 2.23. The van der Waals surface area contributed by atoms with Crippen molar-refractivity contribution in [3.63, 3.8) is 0 Å². The van der Waals surface area contributed by atoms with Gasteiger partial charge in [0.1, 0.15) is 15.7 Å². The third-order valence-electron chi connectivity index (χ3n) is 2.94. The molecule has 1 aliphatic rings. The third-order valence-corrected chi connectivity index (χ3v) is 4.66. The van der Waals surface area contributed by atoms with Gasteiger partial charge in [0.05, 0.1) is 11.5 Å². The van der Waals surface area contributed by atoms with Gasteiger partial charge in [-0.3, -0.25) is 0 Å². The minimum Gasteiger partial charge on any atom is -0.382 e. The predicted molar refractivity (Wildman–Crippen MR) is 69.1 cm³/mol. The Bertz CT molecular complexity index is 473. The lowest BCUT2D eigenvalue weighted by atomic mass is 10.1. The van der Waals surface area contributed by atoms with Gasteiger partial charge in [-0.15, -0.1) is 0 Å². The Balaban J connectivity index is 1.97. The van der Waals surface area contributed by atoms with E-state index < -0.39 is 9.84 Å². The summed E-state index contributed by atoms with van der Waals surface area (Å²) in [5.41, 5.74) is 0.980. The lowest BCUT2D eigenvalue weighted by Crippen LogP contribution is -2.32. The summed E-state index contributed by atoms with van der Waals surface area (Å²) < 4.78 is 22.6. The Kier molecular flexibility index (Phi) is 3.51. The fraction of sp³-hybridized carbons (Fsp3) is 0.545. The SMILES string of the molecule is CNc1cc(NC2CCS(=O)(=O)CC2)ccn1. The fourth-order valence-corrected chi connectivity index (χ4v) is 3.42. The van der Waals surface area contributed by atoms with Crippen LogP contribution in [-0.4, -0.2) is 38.0 Å². The van der Waals surface area contributed by atoms with Gasteiger partial charge in [-0.05, 0) is 18.9 Å². The van der Waals surface area contributed by atoms with Gasteiger partial charge < -0.3 is 10.6 Å². The first-order chi connectivity index (χ1) is 8.09. The maximum atomic E-state index is 11.3. The summed E-state index contributed by atoms with van der Waals surface area (Å²) in [6, 6.07) is 4.05. The molecule has 6 heteroatoms. The summed E-state index contributed by atoms with van der Waals surface area (Å²) in [7, 11) is -0.967. The normalized spacial score (nSPS) is 19.8. The third kappa shape index (κ3) is 3.33. The molecule has 2 heterocycles. The monoisotopic (exact) mass is 255 g/mol. The van der Waals surface area contributed by atoms with Crippen molar-refractivity contribution < 1.29 is 8.42 Å². The molecule has 1 aromatic rings. The summed E-state index contributed by atoms with van der Waals surface area (Å²) in [6.45, 7) is 0. The highest BCUT2D eigenvalue weighted by Crippen LogP contribution is 2.19. The van der Waals surface area contributed by atoms with Gasteiger partial charge in [0, 0.05) is 31.0 Å². The van der Waals surface area contributed by atoms with Crippen LogP contribution in [0.4, 0.5) is 11.5 Å².